The van der Waals surface area contributed by atoms with E-state index in [0.29, 0.717) is 0 Å². The molecule has 0 aliphatic carbocycles. The summed E-state index contributed by atoms with van der Waals surface area (Å²) in [6.07, 6.45) is 4.17. The fourth-order valence-corrected chi connectivity index (χ4v) is 2.94. The van der Waals surface area contributed by atoms with Crippen molar-refractivity contribution < 1.29 is 4.79 Å². The molecule has 0 saturated carbocycles. The summed E-state index contributed by atoms with van der Waals surface area (Å²) in [6.45, 7) is 4.09. The summed E-state index contributed by atoms with van der Waals surface area (Å²) in [7, 11) is 0. The lowest BCUT2D eigenvalue weighted by atomic mass is 10.1. The Hall–Kier alpha value is -2.40. The number of carbonyl (C=O) groups is 1. The summed E-state index contributed by atoms with van der Waals surface area (Å²) < 4.78 is 1.94. The second-order valence-electron chi connectivity index (χ2n) is 5.24. The van der Waals surface area contributed by atoms with Gasteiger partial charge in [0.05, 0.1) is 12.1 Å². The average Bonchev–Trinajstić information content (AvgIpc) is 3.13. The van der Waals surface area contributed by atoms with E-state index in [4.69, 9.17) is 0 Å². The monoisotopic (exact) mass is 311 g/mol. The molecule has 112 valence electrons. The van der Waals surface area contributed by atoms with E-state index in [1.165, 1.54) is 22.5 Å². The van der Waals surface area contributed by atoms with Gasteiger partial charge in [0, 0.05) is 23.5 Å². The number of carbonyl (C=O) groups excluding carboxylic acids is 1. The second kappa shape index (κ2) is 6.15. The van der Waals surface area contributed by atoms with Crippen LogP contribution in [-0.2, 0) is 11.2 Å². The lowest BCUT2D eigenvalue weighted by Gasteiger charge is -2.06. The second-order valence-corrected chi connectivity index (χ2v) is 6.07. The predicted molar refractivity (Wildman–Crippen MR) is 89.7 cm³/mol. The predicted octanol–water partition coefficient (Wildman–Crippen LogP) is 3.73. The molecule has 0 atom stereocenters. The first-order valence-electron chi connectivity index (χ1n) is 7.06. The van der Waals surface area contributed by atoms with E-state index >= 15 is 0 Å². The Morgan fingerprint density at radius 2 is 2.00 bits per heavy atom. The molecule has 0 aliphatic rings. The Kier molecular flexibility index (Phi) is 4.06. The molecule has 1 N–H and O–H groups in total. The van der Waals surface area contributed by atoms with Crippen molar-refractivity contribution in [3.63, 3.8) is 0 Å². The number of anilines is 1. The molecular weight excluding hydrogens is 294 g/mol. The third-order valence-corrected chi connectivity index (χ3v) is 4.40. The number of aryl methyl sites for hydroxylation is 2. The number of nitrogens with zero attached hydrogens (tertiary/aromatic N) is 2. The molecule has 0 unspecified atom stereocenters. The maximum Gasteiger partial charge on any atom is 0.230 e. The van der Waals surface area contributed by atoms with Gasteiger partial charge in [0.25, 0.3) is 0 Å². The van der Waals surface area contributed by atoms with Crippen LogP contribution in [0.3, 0.4) is 0 Å². The zero-order chi connectivity index (χ0) is 15.5. The van der Waals surface area contributed by atoms with Crippen LogP contribution in [0.25, 0.3) is 5.13 Å². The first-order chi connectivity index (χ1) is 10.6. The molecule has 2 heterocycles. The SMILES string of the molecule is Cc1ccc(NC(=O)Cc2csc(-n3cccc3)n2)cc1C. The van der Waals surface area contributed by atoms with E-state index in [0.717, 1.165) is 16.5 Å². The van der Waals surface area contributed by atoms with Crippen molar-refractivity contribution in [3.8, 4) is 5.13 Å². The van der Waals surface area contributed by atoms with Crippen LogP contribution in [0.2, 0.25) is 0 Å². The zero-order valence-electron chi connectivity index (χ0n) is 12.5. The largest absolute Gasteiger partial charge is 0.326 e. The van der Waals surface area contributed by atoms with Gasteiger partial charge in [-0.05, 0) is 49.2 Å². The lowest BCUT2D eigenvalue weighted by Crippen LogP contribution is -2.14. The Balaban J connectivity index is 1.65. The molecule has 0 aliphatic heterocycles. The van der Waals surface area contributed by atoms with Gasteiger partial charge >= 0.3 is 0 Å². The van der Waals surface area contributed by atoms with Crippen LogP contribution < -0.4 is 5.32 Å². The van der Waals surface area contributed by atoms with Crippen molar-refractivity contribution in [2.24, 2.45) is 0 Å². The van der Waals surface area contributed by atoms with Crippen molar-refractivity contribution in [2.75, 3.05) is 5.32 Å². The molecule has 22 heavy (non-hydrogen) atoms. The highest BCUT2D eigenvalue weighted by molar-refractivity contribution is 7.12. The fraction of sp³-hybridized carbons (Fsp3) is 0.176. The summed E-state index contributed by atoms with van der Waals surface area (Å²) in [5, 5.41) is 5.72. The number of amides is 1. The van der Waals surface area contributed by atoms with Gasteiger partial charge in [0.2, 0.25) is 5.91 Å². The quantitative estimate of drug-likeness (QED) is 0.798. The summed E-state index contributed by atoms with van der Waals surface area (Å²) in [5.41, 5.74) is 4.00. The van der Waals surface area contributed by atoms with Gasteiger partial charge in [-0.1, -0.05) is 6.07 Å². The third-order valence-electron chi connectivity index (χ3n) is 3.50. The van der Waals surface area contributed by atoms with Crippen molar-refractivity contribution in [1.82, 2.24) is 9.55 Å². The molecular formula is C17H17N3OS. The maximum atomic E-state index is 12.1. The van der Waals surface area contributed by atoms with E-state index in [2.05, 4.69) is 17.2 Å². The van der Waals surface area contributed by atoms with E-state index < -0.39 is 0 Å². The van der Waals surface area contributed by atoms with Crippen molar-refractivity contribution >= 4 is 22.9 Å². The fourth-order valence-electron chi connectivity index (χ4n) is 2.15. The Morgan fingerprint density at radius 1 is 1.23 bits per heavy atom. The normalized spacial score (nSPS) is 10.6. The minimum Gasteiger partial charge on any atom is -0.326 e. The number of hydrogen-bond acceptors (Lipinski definition) is 3. The van der Waals surface area contributed by atoms with Crippen LogP contribution in [0, 0.1) is 13.8 Å². The van der Waals surface area contributed by atoms with E-state index in [9.17, 15) is 4.79 Å². The van der Waals surface area contributed by atoms with Gasteiger partial charge in [0.1, 0.15) is 0 Å². The van der Waals surface area contributed by atoms with E-state index in [1.54, 1.807) is 0 Å². The molecule has 3 rings (SSSR count). The van der Waals surface area contributed by atoms with Gasteiger partial charge in [-0.3, -0.25) is 4.79 Å². The summed E-state index contributed by atoms with van der Waals surface area (Å²) in [4.78, 5) is 16.6. The Bertz CT molecular complexity index is 790. The average molecular weight is 311 g/mol. The molecule has 0 fully saturated rings. The standard InChI is InChI=1S/C17H17N3OS/c1-12-5-6-14(9-13(12)2)18-16(21)10-15-11-22-17(19-15)20-7-3-4-8-20/h3-9,11H,10H2,1-2H3,(H,18,21). The number of nitrogens with one attached hydrogen (secondary N) is 1. The summed E-state index contributed by atoms with van der Waals surface area (Å²) in [6, 6.07) is 9.82. The molecule has 5 heteroatoms. The van der Waals surface area contributed by atoms with Crippen LogP contribution in [0.4, 0.5) is 5.69 Å². The van der Waals surface area contributed by atoms with Gasteiger partial charge < -0.3 is 9.88 Å². The summed E-state index contributed by atoms with van der Waals surface area (Å²) in [5.74, 6) is -0.0485. The van der Waals surface area contributed by atoms with Crippen molar-refractivity contribution in [1.29, 1.82) is 0 Å². The molecule has 0 radical (unpaired) electrons. The number of hydrogen-bond donors (Lipinski definition) is 1. The number of thiazole rings is 1. The highest BCUT2D eigenvalue weighted by Crippen LogP contribution is 2.17. The number of benzene rings is 1. The smallest absolute Gasteiger partial charge is 0.230 e. The molecule has 1 amide bonds. The van der Waals surface area contributed by atoms with Crippen LogP contribution in [0.15, 0.2) is 48.1 Å². The van der Waals surface area contributed by atoms with Crippen LogP contribution >= 0.6 is 11.3 Å². The number of rotatable bonds is 4. The van der Waals surface area contributed by atoms with Gasteiger partial charge in [-0.15, -0.1) is 11.3 Å². The van der Waals surface area contributed by atoms with Crippen LogP contribution in [-0.4, -0.2) is 15.5 Å². The molecule has 0 bridgehead atoms. The molecule has 3 aromatic rings. The van der Waals surface area contributed by atoms with E-state index in [1.807, 2.05) is 59.6 Å². The molecule has 1 aromatic carbocycles. The first-order valence-corrected chi connectivity index (χ1v) is 7.94. The van der Waals surface area contributed by atoms with Crippen LogP contribution in [0.5, 0.6) is 0 Å². The highest BCUT2D eigenvalue weighted by Gasteiger charge is 2.09. The molecule has 4 nitrogen and oxygen atoms in total. The van der Waals surface area contributed by atoms with Crippen molar-refractivity contribution in [3.05, 3.63) is 64.9 Å². The topological polar surface area (TPSA) is 46.9 Å². The minimum absolute atomic E-state index is 0.0485. The van der Waals surface area contributed by atoms with Crippen molar-refractivity contribution in [2.45, 2.75) is 20.3 Å². The number of aromatic nitrogens is 2. The maximum absolute atomic E-state index is 12.1. The molecule has 2 aromatic heterocycles. The zero-order valence-corrected chi connectivity index (χ0v) is 13.4. The highest BCUT2D eigenvalue weighted by atomic mass is 32.1. The van der Waals surface area contributed by atoms with Gasteiger partial charge in [0.15, 0.2) is 5.13 Å². The Morgan fingerprint density at radius 3 is 2.73 bits per heavy atom. The van der Waals surface area contributed by atoms with Gasteiger partial charge in [-0.2, -0.15) is 0 Å². The third kappa shape index (κ3) is 3.26. The summed E-state index contributed by atoms with van der Waals surface area (Å²) >= 11 is 1.53. The first kappa shape index (κ1) is 14.5. The lowest BCUT2D eigenvalue weighted by molar-refractivity contribution is -0.115. The molecule has 0 saturated heterocycles. The van der Waals surface area contributed by atoms with Crippen LogP contribution in [0.1, 0.15) is 16.8 Å². The minimum atomic E-state index is -0.0485. The Labute approximate surface area is 133 Å². The van der Waals surface area contributed by atoms with Gasteiger partial charge in [-0.25, -0.2) is 4.98 Å². The molecule has 0 spiro atoms. The van der Waals surface area contributed by atoms with E-state index in [-0.39, 0.29) is 12.3 Å².